The van der Waals surface area contributed by atoms with Crippen LogP contribution < -0.4 is 10.5 Å². The Morgan fingerprint density at radius 2 is 1.94 bits per heavy atom. The van der Waals surface area contributed by atoms with Crippen LogP contribution in [0.3, 0.4) is 0 Å². The highest BCUT2D eigenvalue weighted by atomic mass is 32.2. The Kier molecular flexibility index (Phi) is 6.48. The van der Waals surface area contributed by atoms with Crippen LogP contribution in [0.1, 0.15) is 17.5 Å². The molecule has 174 valence electrons. The van der Waals surface area contributed by atoms with Gasteiger partial charge in [0.15, 0.2) is 0 Å². The third kappa shape index (κ3) is 5.40. The molecule has 3 aromatic rings. The molecule has 0 spiro atoms. The number of amides is 2. The number of hydrogen-bond donors (Lipinski definition) is 3. The number of rotatable bonds is 8. The predicted molar refractivity (Wildman–Crippen MR) is 121 cm³/mol. The summed E-state index contributed by atoms with van der Waals surface area (Å²) in [5, 5.41) is 8.74. The lowest BCUT2D eigenvalue weighted by atomic mass is 10.1. The predicted octanol–water partition coefficient (Wildman–Crippen LogP) is 1.70. The summed E-state index contributed by atoms with van der Waals surface area (Å²) in [6.45, 7) is 1.19. The van der Waals surface area contributed by atoms with Crippen molar-refractivity contribution in [1.82, 2.24) is 15.2 Å². The maximum absolute atomic E-state index is 13.6. The first-order valence-electron chi connectivity index (χ1n) is 10.6. The summed E-state index contributed by atoms with van der Waals surface area (Å²) in [6, 6.07) is 10.7. The Hall–Kier alpha value is -3.24. The van der Waals surface area contributed by atoms with E-state index in [1.165, 1.54) is 24.3 Å². The lowest BCUT2D eigenvalue weighted by Crippen LogP contribution is -2.34. The Bertz CT molecular complexity index is 1290. The first-order valence-corrected chi connectivity index (χ1v) is 12.2. The average molecular weight is 473 g/mol. The number of likely N-dealkylation sites (tertiary alicyclic amines) is 1. The van der Waals surface area contributed by atoms with Crippen LogP contribution in [0, 0.1) is 11.7 Å². The zero-order valence-electron chi connectivity index (χ0n) is 17.9. The number of carbonyl (C=O) groups is 2. The number of primary sulfonamides is 1. The molecule has 1 aliphatic rings. The number of nitrogens with zero attached hydrogens (tertiary/aromatic N) is 1. The zero-order valence-corrected chi connectivity index (χ0v) is 18.7. The molecule has 4 N–H and O–H groups in total. The van der Waals surface area contributed by atoms with E-state index in [4.69, 9.17) is 5.14 Å². The molecule has 0 radical (unpaired) electrons. The van der Waals surface area contributed by atoms with E-state index in [1.54, 1.807) is 23.1 Å². The van der Waals surface area contributed by atoms with Gasteiger partial charge in [0.05, 0.1) is 10.8 Å². The van der Waals surface area contributed by atoms with E-state index in [1.807, 2.05) is 6.20 Å². The molecule has 10 heteroatoms. The number of benzene rings is 2. The largest absolute Gasteiger partial charge is 0.361 e. The lowest BCUT2D eigenvalue weighted by Gasteiger charge is -2.16. The Morgan fingerprint density at radius 3 is 2.67 bits per heavy atom. The molecule has 2 heterocycles. The normalized spacial score (nSPS) is 16.5. The average Bonchev–Trinajstić information content (AvgIpc) is 3.34. The maximum Gasteiger partial charge on any atom is 0.238 e. The summed E-state index contributed by atoms with van der Waals surface area (Å²) in [6.07, 6.45) is 3.08. The minimum atomic E-state index is -3.73. The van der Waals surface area contributed by atoms with Crippen LogP contribution in [-0.4, -0.2) is 49.8 Å². The smallest absolute Gasteiger partial charge is 0.238 e. The van der Waals surface area contributed by atoms with Crippen molar-refractivity contribution in [3.05, 3.63) is 65.6 Å². The van der Waals surface area contributed by atoms with Crippen LogP contribution in [0.4, 0.5) is 4.39 Å². The van der Waals surface area contributed by atoms with E-state index >= 15 is 0 Å². The Labute approximate surface area is 191 Å². The number of aromatic nitrogens is 1. The number of carbonyl (C=O) groups excluding carboxylic acids is 2. The number of nitrogens with two attached hydrogens (primary N) is 1. The van der Waals surface area contributed by atoms with Gasteiger partial charge in [0.25, 0.3) is 0 Å². The molecule has 8 nitrogen and oxygen atoms in total. The molecule has 0 saturated carbocycles. The van der Waals surface area contributed by atoms with Crippen molar-refractivity contribution in [3.8, 4) is 0 Å². The molecule has 33 heavy (non-hydrogen) atoms. The highest BCUT2D eigenvalue weighted by Gasteiger charge is 2.33. The molecule has 2 aromatic carbocycles. The molecule has 0 unspecified atom stereocenters. The van der Waals surface area contributed by atoms with Gasteiger partial charge in [0.1, 0.15) is 5.82 Å². The van der Waals surface area contributed by atoms with Gasteiger partial charge in [-0.1, -0.05) is 12.1 Å². The van der Waals surface area contributed by atoms with Gasteiger partial charge < -0.3 is 15.2 Å². The number of nitrogens with one attached hydrogen (secondary N) is 2. The number of hydrogen-bond acceptors (Lipinski definition) is 4. The zero-order chi connectivity index (χ0) is 23.6. The molecule has 2 amide bonds. The van der Waals surface area contributed by atoms with Crippen LogP contribution >= 0.6 is 0 Å². The third-order valence-corrected chi connectivity index (χ3v) is 6.86. The lowest BCUT2D eigenvalue weighted by molar-refractivity contribution is -0.129. The van der Waals surface area contributed by atoms with Crippen LogP contribution in [0.15, 0.2) is 53.6 Å². The van der Waals surface area contributed by atoms with Gasteiger partial charge in [-0.15, -0.1) is 0 Å². The standard InChI is InChI=1S/C23H25FN4O4S/c24-18-3-6-21-20(12-18)16(13-27-21)8-10-28-14-17(11-22(28)29)23(30)26-9-7-15-1-4-19(5-2-15)33(25,31)32/h1-6,12-13,17,27H,7-11,14H2,(H,26,30)(H2,25,31,32)/t17-/m0/s1. The van der Waals surface area contributed by atoms with E-state index < -0.39 is 15.9 Å². The maximum atomic E-state index is 13.6. The molecule has 1 aliphatic heterocycles. The quantitative estimate of drug-likeness (QED) is 0.461. The van der Waals surface area contributed by atoms with Gasteiger partial charge in [-0.05, 0) is 54.3 Å². The van der Waals surface area contributed by atoms with Crippen molar-refractivity contribution in [3.63, 3.8) is 0 Å². The van der Waals surface area contributed by atoms with Crippen molar-refractivity contribution < 1.29 is 22.4 Å². The first kappa shape index (κ1) is 22.9. The van der Waals surface area contributed by atoms with Crippen LogP contribution in [-0.2, 0) is 32.5 Å². The highest BCUT2D eigenvalue weighted by Crippen LogP contribution is 2.22. The third-order valence-electron chi connectivity index (χ3n) is 5.93. The number of sulfonamides is 1. The SMILES string of the molecule is NS(=O)(=O)c1ccc(CCNC(=O)[C@H]2CC(=O)N(CCc3c[nH]c4ccc(F)cc34)C2)cc1. The number of halogens is 1. The molecule has 4 rings (SSSR count). The van der Waals surface area contributed by atoms with Gasteiger partial charge in [0.2, 0.25) is 21.8 Å². The van der Waals surface area contributed by atoms with Crippen LogP contribution in [0.25, 0.3) is 10.9 Å². The van der Waals surface area contributed by atoms with Gasteiger partial charge in [0, 0.05) is 43.2 Å². The minimum Gasteiger partial charge on any atom is -0.361 e. The van der Waals surface area contributed by atoms with E-state index in [0.717, 1.165) is 22.0 Å². The second-order valence-electron chi connectivity index (χ2n) is 8.22. The monoisotopic (exact) mass is 472 g/mol. The molecule has 1 saturated heterocycles. The van der Waals surface area contributed by atoms with Gasteiger partial charge in [-0.3, -0.25) is 9.59 Å². The van der Waals surface area contributed by atoms with E-state index in [9.17, 15) is 22.4 Å². The van der Waals surface area contributed by atoms with Crippen molar-refractivity contribution in [2.45, 2.75) is 24.2 Å². The van der Waals surface area contributed by atoms with Crippen molar-refractivity contribution >= 4 is 32.7 Å². The molecule has 1 aromatic heterocycles. The summed E-state index contributed by atoms with van der Waals surface area (Å²) >= 11 is 0. The molecular formula is C23H25FN4O4S. The van der Waals surface area contributed by atoms with E-state index in [2.05, 4.69) is 10.3 Å². The van der Waals surface area contributed by atoms with Gasteiger partial charge in [-0.25, -0.2) is 17.9 Å². The highest BCUT2D eigenvalue weighted by molar-refractivity contribution is 7.89. The number of H-pyrrole nitrogens is 1. The molecule has 1 atom stereocenters. The second kappa shape index (κ2) is 9.32. The Morgan fingerprint density at radius 1 is 1.18 bits per heavy atom. The number of aromatic amines is 1. The number of fused-ring (bicyclic) bond motifs is 1. The summed E-state index contributed by atoms with van der Waals surface area (Å²) in [5.74, 6) is -0.971. The molecule has 1 fully saturated rings. The fraction of sp³-hybridized carbons (Fsp3) is 0.304. The van der Waals surface area contributed by atoms with Crippen LogP contribution in [0.5, 0.6) is 0 Å². The Balaban J connectivity index is 1.26. The van der Waals surface area contributed by atoms with Crippen molar-refractivity contribution in [2.75, 3.05) is 19.6 Å². The van der Waals surface area contributed by atoms with E-state index in [0.29, 0.717) is 32.5 Å². The summed E-state index contributed by atoms with van der Waals surface area (Å²) < 4.78 is 36.2. The van der Waals surface area contributed by atoms with Crippen molar-refractivity contribution in [2.24, 2.45) is 11.1 Å². The van der Waals surface area contributed by atoms with Gasteiger partial charge >= 0.3 is 0 Å². The summed E-state index contributed by atoms with van der Waals surface area (Å²) in [4.78, 5) is 29.7. The fourth-order valence-corrected chi connectivity index (χ4v) is 4.61. The fourth-order valence-electron chi connectivity index (χ4n) is 4.10. The topological polar surface area (TPSA) is 125 Å². The molecule has 0 bridgehead atoms. The minimum absolute atomic E-state index is 0.0395. The van der Waals surface area contributed by atoms with E-state index in [-0.39, 0.29) is 28.9 Å². The molecule has 0 aliphatic carbocycles. The second-order valence-corrected chi connectivity index (χ2v) is 9.79. The molecular weight excluding hydrogens is 447 g/mol. The summed E-state index contributed by atoms with van der Waals surface area (Å²) in [5.41, 5.74) is 2.64. The van der Waals surface area contributed by atoms with Crippen LogP contribution in [0.2, 0.25) is 0 Å². The van der Waals surface area contributed by atoms with Gasteiger partial charge in [-0.2, -0.15) is 0 Å². The first-order chi connectivity index (χ1) is 15.7. The van der Waals surface area contributed by atoms with Crippen molar-refractivity contribution in [1.29, 1.82) is 0 Å². The summed E-state index contributed by atoms with van der Waals surface area (Å²) in [7, 11) is -3.73.